The Labute approximate surface area is 107 Å². The summed E-state index contributed by atoms with van der Waals surface area (Å²) in [7, 11) is 0. The van der Waals surface area contributed by atoms with Crippen molar-refractivity contribution in [2.45, 2.75) is 58.5 Å². The van der Waals surface area contributed by atoms with Crippen LogP contribution in [0.25, 0.3) is 0 Å². The third-order valence-corrected chi connectivity index (χ3v) is 3.19. The number of aromatic nitrogens is 2. The van der Waals surface area contributed by atoms with Gasteiger partial charge in [0.1, 0.15) is 0 Å². The van der Waals surface area contributed by atoms with E-state index in [1.54, 1.807) is 6.92 Å². The molecule has 1 fully saturated rings. The first kappa shape index (κ1) is 13.1. The monoisotopic (exact) mass is 252 g/mol. The Kier molecular flexibility index (Phi) is 3.41. The average molecular weight is 252 g/mol. The van der Waals surface area contributed by atoms with Crippen LogP contribution in [0, 0.1) is 5.92 Å². The molecule has 0 spiro atoms. The summed E-state index contributed by atoms with van der Waals surface area (Å²) < 4.78 is 10.5. The molecule has 0 amide bonds. The third kappa shape index (κ3) is 2.71. The molecule has 5 heteroatoms. The van der Waals surface area contributed by atoms with E-state index in [-0.39, 0.29) is 17.3 Å². The molecule has 1 aromatic heterocycles. The molecule has 1 heterocycles. The van der Waals surface area contributed by atoms with E-state index in [1.807, 2.05) is 20.8 Å². The Morgan fingerprint density at radius 1 is 1.44 bits per heavy atom. The highest BCUT2D eigenvalue weighted by atomic mass is 16.6. The maximum Gasteiger partial charge on any atom is 0.309 e. The van der Waals surface area contributed by atoms with Gasteiger partial charge in [0.15, 0.2) is 11.9 Å². The van der Waals surface area contributed by atoms with Crippen molar-refractivity contribution in [2.75, 3.05) is 0 Å². The molecule has 1 aliphatic carbocycles. The predicted octanol–water partition coefficient (Wildman–Crippen LogP) is 2.77. The van der Waals surface area contributed by atoms with Crippen LogP contribution in [-0.2, 0) is 14.9 Å². The van der Waals surface area contributed by atoms with E-state index in [9.17, 15) is 4.79 Å². The standard InChI is InChI=1S/C13H20N2O3/c1-8(17-11(16)9-6-5-7-9)10-14-12(15-18-10)13(2,3)4/h8-9H,5-7H2,1-4H3. The third-order valence-electron chi connectivity index (χ3n) is 3.19. The molecular weight excluding hydrogens is 232 g/mol. The Morgan fingerprint density at radius 2 is 2.11 bits per heavy atom. The molecule has 0 bridgehead atoms. The van der Waals surface area contributed by atoms with Gasteiger partial charge in [-0.1, -0.05) is 32.3 Å². The van der Waals surface area contributed by atoms with Crippen LogP contribution in [0.4, 0.5) is 0 Å². The fourth-order valence-corrected chi connectivity index (χ4v) is 1.67. The van der Waals surface area contributed by atoms with E-state index >= 15 is 0 Å². The second-order valence-electron chi connectivity index (χ2n) is 5.91. The summed E-state index contributed by atoms with van der Waals surface area (Å²) in [6.07, 6.45) is 2.51. The molecule has 100 valence electrons. The molecule has 1 aliphatic rings. The van der Waals surface area contributed by atoms with Crippen LogP contribution < -0.4 is 0 Å². The van der Waals surface area contributed by atoms with Crippen molar-refractivity contribution in [1.82, 2.24) is 10.1 Å². The summed E-state index contributed by atoms with van der Waals surface area (Å²) in [5.41, 5.74) is -0.167. The summed E-state index contributed by atoms with van der Waals surface area (Å²) in [4.78, 5) is 16.0. The van der Waals surface area contributed by atoms with Gasteiger partial charge in [-0.3, -0.25) is 4.79 Å². The van der Waals surface area contributed by atoms with Crippen molar-refractivity contribution in [2.24, 2.45) is 5.92 Å². The number of nitrogens with zero attached hydrogens (tertiary/aromatic N) is 2. The van der Waals surface area contributed by atoms with E-state index < -0.39 is 6.10 Å². The van der Waals surface area contributed by atoms with E-state index in [0.717, 1.165) is 19.3 Å². The van der Waals surface area contributed by atoms with Gasteiger partial charge in [-0.2, -0.15) is 4.98 Å². The molecule has 0 aromatic carbocycles. The second-order valence-corrected chi connectivity index (χ2v) is 5.91. The molecule has 0 N–H and O–H groups in total. The minimum Gasteiger partial charge on any atom is -0.452 e. The molecule has 0 saturated heterocycles. The van der Waals surface area contributed by atoms with Crippen molar-refractivity contribution in [3.05, 3.63) is 11.7 Å². The fourth-order valence-electron chi connectivity index (χ4n) is 1.67. The van der Waals surface area contributed by atoms with Gasteiger partial charge in [-0.25, -0.2) is 0 Å². The van der Waals surface area contributed by atoms with Gasteiger partial charge < -0.3 is 9.26 Å². The molecule has 1 aromatic rings. The second kappa shape index (κ2) is 4.71. The maximum absolute atomic E-state index is 11.7. The molecule has 1 unspecified atom stereocenters. The molecule has 1 saturated carbocycles. The van der Waals surface area contributed by atoms with Gasteiger partial charge in [0.05, 0.1) is 5.92 Å². The highest BCUT2D eigenvalue weighted by Gasteiger charge is 2.30. The first-order chi connectivity index (χ1) is 8.38. The van der Waals surface area contributed by atoms with Crippen LogP contribution in [0.2, 0.25) is 0 Å². The first-order valence-electron chi connectivity index (χ1n) is 6.42. The number of carbonyl (C=O) groups is 1. The summed E-state index contributed by atoms with van der Waals surface area (Å²) in [5, 5.41) is 3.92. The zero-order valence-corrected chi connectivity index (χ0v) is 11.4. The number of hydrogen-bond acceptors (Lipinski definition) is 5. The lowest BCUT2D eigenvalue weighted by Crippen LogP contribution is -2.25. The fraction of sp³-hybridized carbons (Fsp3) is 0.769. The Balaban J connectivity index is 1.98. The van der Waals surface area contributed by atoms with Crippen molar-refractivity contribution >= 4 is 5.97 Å². The lowest BCUT2D eigenvalue weighted by Gasteiger charge is -2.24. The number of carbonyl (C=O) groups excluding carboxylic acids is 1. The predicted molar refractivity (Wildman–Crippen MR) is 64.8 cm³/mol. The molecule has 2 rings (SSSR count). The minimum absolute atomic E-state index is 0.0671. The topological polar surface area (TPSA) is 65.2 Å². The van der Waals surface area contributed by atoms with Gasteiger partial charge >= 0.3 is 5.97 Å². The number of ether oxygens (including phenoxy) is 1. The normalized spacial score (nSPS) is 18.2. The Morgan fingerprint density at radius 3 is 2.56 bits per heavy atom. The zero-order valence-electron chi connectivity index (χ0n) is 11.4. The van der Waals surface area contributed by atoms with Crippen LogP contribution in [0.3, 0.4) is 0 Å². The van der Waals surface area contributed by atoms with Crippen LogP contribution in [0.1, 0.15) is 64.8 Å². The maximum atomic E-state index is 11.7. The van der Waals surface area contributed by atoms with Crippen LogP contribution >= 0.6 is 0 Å². The van der Waals surface area contributed by atoms with Crippen LogP contribution in [-0.4, -0.2) is 16.1 Å². The molecule has 1 atom stereocenters. The zero-order chi connectivity index (χ0) is 13.3. The van der Waals surface area contributed by atoms with Crippen LogP contribution in [0.15, 0.2) is 4.52 Å². The van der Waals surface area contributed by atoms with Crippen molar-refractivity contribution in [3.8, 4) is 0 Å². The Bertz CT molecular complexity index is 430. The smallest absolute Gasteiger partial charge is 0.309 e. The summed E-state index contributed by atoms with van der Waals surface area (Å²) in [5.74, 6) is 0.915. The lowest BCUT2D eigenvalue weighted by molar-refractivity contribution is -0.157. The number of rotatable bonds is 3. The SMILES string of the molecule is CC(OC(=O)C1CCC1)c1nc(C(C)(C)C)no1. The summed E-state index contributed by atoms with van der Waals surface area (Å²) in [6.45, 7) is 7.78. The van der Waals surface area contributed by atoms with E-state index in [4.69, 9.17) is 9.26 Å². The molecular formula is C13H20N2O3. The van der Waals surface area contributed by atoms with Crippen LogP contribution in [0.5, 0.6) is 0 Å². The summed E-state index contributed by atoms with van der Waals surface area (Å²) >= 11 is 0. The summed E-state index contributed by atoms with van der Waals surface area (Å²) in [6, 6.07) is 0. The van der Waals surface area contributed by atoms with Crippen molar-refractivity contribution in [1.29, 1.82) is 0 Å². The lowest BCUT2D eigenvalue weighted by atomic mass is 9.86. The van der Waals surface area contributed by atoms with Crippen molar-refractivity contribution < 1.29 is 14.1 Å². The van der Waals surface area contributed by atoms with Gasteiger partial charge in [-0.15, -0.1) is 0 Å². The first-order valence-corrected chi connectivity index (χ1v) is 6.42. The van der Waals surface area contributed by atoms with E-state index in [2.05, 4.69) is 10.1 Å². The minimum atomic E-state index is -0.471. The highest BCUT2D eigenvalue weighted by molar-refractivity contribution is 5.73. The number of hydrogen-bond donors (Lipinski definition) is 0. The van der Waals surface area contributed by atoms with Gasteiger partial charge in [0, 0.05) is 5.41 Å². The molecule has 0 radical (unpaired) electrons. The van der Waals surface area contributed by atoms with E-state index in [0.29, 0.717) is 11.7 Å². The largest absolute Gasteiger partial charge is 0.452 e. The van der Waals surface area contributed by atoms with Gasteiger partial charge in [0.2, 0.25) is 0 Å². The average Bonchev–Trinajstić information content (AvgIpc) is 2.61. The van der Waals surface area contributed by atoms with Gasteiger partial charge in [0.25, 0.3) is 5.89 Å². The highest BCUT2D eigenvalue weighted by Crippen LogP contribution is 2.30. The van der Waals surface area contributed by atoms with Gasteiger partial charge in [-0.05, 0) is 19.8 Å². The quantitative estimate of drug-likeness (QED) is 0.774. The van der Waals surface area contributed by atoms with Crippen molar-refractivity contribution in [3.63, 3.8) is 0 Å². The molecule has 5 nitrogen and oxygen atoms in total. The Hall–Kier alpha value is -1.39. The molecule has 0 aliphatic heterocycles. The van der Waals surface area contributed by atoms with E-state index in [1.165, 1.54) is 0 Å². The molecule has 18 heavy (non-hydrogen) atoms. The number of esters is 1.